The first kappa shape index (κ1) is 24.1. The minimum Gasteiger partial charge on any atom is -0.478 e. The van der Waals surface area contributed by atoms with Crippen LogP contribution in [0.5, 0.6) is 0 Å². The first-order valence-corrected chi connectivity index (χ1v) is 13.9. The van der Waals surface area contributed by atoms with Crippen molar-refractivity contribution in [1.29, 1.82) is 0 Å². The fourth-order valence-electron chi connectivity index (χ4n) is 4.49. The number of thiophene rings is 1. The standard InChI is InChI=1S/C26H26N4O4S2/c1-17-5-3-6-23(18(17)2)29-10-12-30(13-11-29)24-16-21(26(31)32)20-15-19(8-9-22(20)27-24)28-36(33,34)25-7-4-14-35-25/h3-9,14-16,28H,10-13H2,1-2H3,(H,31,32). The second-order valence-corrected chi connectivity index (χ2v) is 11.7. The van der Waals surface area contributed by atoms with E-state index in [4.69, 9.17) is 4.98 Å². The van der Waals surface area contributed by atoms with Crippen LogP contribution in [0.1, 0.15) is 21.5 Å². The van der Waals surface area contributed by atoms with Gasteiger partial charge in [-0.15, -0.1) is 11.3 Å². The van der Waals surface area contributed by atoms with Crippen molar-refractivity contribution in [3.8, 4) is 0 Å². The fourth-order valence-corrected chi connectivity index (χ4v) is 6.53. The summed E-state index contributed by atoms with van der Waals surface area (Å²) in [6.07, 6.45) is 0. The Balaban J connectivity index is 1.41. The molecular formula is C26H26N4O4S2. The number of carbonyl (C=O) groups is 1. The van der Waals surface area contributed by atoms with Gasteiger partial charge in [-0.2, -0.15) is 0 Å². The van der Waals surface area contributed by atoms with Crippen molar-refractivity contribution >= 4 is 55.4 Å². The zero-order valence-corrected chi connectivity index (χ0v) is 21.6. The number of hydrogen-bond donors (Lipinski definition) is 2. The third kappa shape index (κ3) is 4.61. The molecule has 8 nitrogen and oxygen atoms in total. The van der Waals surface area contributed by atoms with Crippen molar-refractivity contribution in [2.24, 2.45) is 0 Å². The molecule has 0 saturated carbocycles. The van der Waals surface area contributed by atoms with Gasteiger partial charge in [0.05, 0.1) is 11.1 Å². The van der Waals surface area contributed by atoms with E-state index < -0.39 is 16.0 Å². The minimum absolute atomic E-state index is 0.0872. The number of piperazine rings is 1. The first-order chi connectivity index (χ1) is 17.2. The lowest BCUT2D eigenvalue weighted by molar-refractivity contribution is 0.0699. The van der Waals surface area contributed by atoms with Gasteiger partial charge in [0.25, 0.3) is 10.0 Å². The SMILES string of the molecule is Cc1cccc(N2CCN(c3cc(C(=O)O)c4cc(NS(=O)(=O)c5cccs5)ccc4n3)CC2)c1C. The number of aromatic carboxylic acids is 1. The van der Waals surface area contributed by atoms with Gasteiger partial charge >= 0.3 is 5.97 Å². The number of carboxylic acid groups (broad SMARTS) is 1. The summed E-state index contributed by atoms with van der Waals surface area (Å²) < 4.78 is 27.9. The predicted molar refractivity (Wildman–Crippen MR) is 144 cm³/mol. The maximum absolute atomic E-state index is 12.6. The second-order valence-electron chi connectivity index (χ2n) is 8.80. The summed E-state index contributed by atoms with van der Waals surface area (Å²) in [6, 6.07) is 15.9. The molecule has 1 aliphatic rings. The molecule has 186 valence electrons. The Bertz CT molecular complexity index is 1540. The van der Waals surface area contributed by atoms with Crippen LogP contribution in [0.3, 0.4) is 0 Å². The predicted octanol–water partition coefficient (Wildman–Crippen LogP) is 4.74. The maximum Gasteiger partial charge on any atom is 0.336 e. The third-order valence-corrected chi connectivity index (χ3v) is 9.34. The Labute approximate surface area is 213 Å². The van der Waals surface area contributed by atoms with Crippen LogP contribution >= 0.6 is 11.3 Å². The minimum atomic E-state index is -3.74. The Kier molecular flexibility index (Phi) is 6.31. The van der Waals surface area contributed by atoms with Crippen molar-refractivity contribution in [2.75, 3.05) is 40.7 Å². The summed E-state index contributed by atoms with van der Waals surface area (Å²) in [5.41, 5.74) is 4.63. The summed E-state index contributed by atoms with van der Waals surface area (Å²) in [5, 5.41) is 12.0. The van der Waals surface area contributed by atoms with Gasteiger partial charge < -0.3 is 14.9 Å². The normalized spacial score (nSPS) is 14.3. The molecule has 1 fully saturated rings. The van der Waals surface area contributed by atoms with Crippen LogP contribution < -0.4 is 14.5 Å². The van der Waals surface area contributed by atoms with E-state index in [2.05, 4.69) is 46.6 Å². The maximum atomic E-state index is 12.6. The number of hydrogen-bond acceptors (Lipinski definition) is 7. The van der Waals surface area contributed by atoms with Gasteiger partial charge in [-0.1, -0.05) is 18.2 Å². The van der Waals surface area contributed by atoms with E-state index in [0.29, 0.717) is 29.8 Å². The van der Waals surface area contributed by atoms with Crippen molar-refractivity contribution < 1.29 is 18.3 Å². The highest BCUT2D eigenvalue weighted by Gasteiger charge is 2.23. The number of carboxylic acids is 1. The summed E-state index contributed by atoms with van der Waals surface area (Å²) >= 11 is 1.11. The Morgan fingerprint density at radius 1 is 1.00 bits per heavy atom. The monoisotopic (exact) mass is 522 g/mol. The van der Waals surface area contributed by atoms with Crippen molar-refractivity contribution in [3.05, 3.63) is 76.7 Å². The highest BCUT2D eigenvalue weighted by atomic mass is 32.2. The molecule has 0 amide bonds. The number of benzene rings is 2. The quantitative estimate of drug-likeness (QED) is 0.377. The Hall–Kier alpha value is -3.63. The molecule has 2 aromatic carbocycles. The number of sulfonamides is 1. The molecule has 2 aromatic heterocycles. The van der Waals surface area contributed by atoms with E-state index in [9.17, 15) is 18.3 Å². The highest BCUT2D eigenvalue weighted by Crippen LogP contribution is 2.29. The van der Waals surface area contributed by atoms with Gasteiger partial charge in [0.1, 0.15) is 10.0 Å². The van der Waals surface area contributed by atoms with Gasteiger partial charge in [-0.3, -0.25) is 4.72 Å². The van der Waals surface area contributed by atoms with E-state index in [1.54, 1.807) is 29.6 Å². The topological polar surface area (TPSA) is 103 Å². The molecule has 0 atom stereocenters. The number of fused-ring (bicyclic) bond motifs is 1. The van der Waals surface area contributed by atoms with Crippen LogP contribution in [0.15, 0.2) is 64.2 Å². The van der Waals surface area contributed by atoms with E-state index in [-0.39, 0.29) is 15.5 Å². The number of aromatic nitrogens is 1. The number of aryl methyl sites for hydroxylation is 1. The summed E-state index contributed by atoms with van der Waals surface area (Å²) in [4.78, 5) is 21.3. The molecule has 3 heterocycles. The van der Waals surface area contributed by atoms with Gasteiger partial charge in [-0.05, 0) is 66.8 Å². The first-order valence-electron chi connectivity index (χ1n) is 11.5. The van der Waals surface area contributed by atoms with Crippen molar-refractivity contribution in [3.63, 3.8) is 0 Å². The van der Waals surface area contributed by atoms with Crippen LogP contribution in [0.2, 0.25) is 0 Å². The molecule has 2 N–H and O–H groups in total. The van der Waals surface area contributed by atoms with Gasteiger partial charge in [0, 0.05) is 42.9 Å². The van der Waals surface area contributed by atoms with Crippen LogP contribution in [0.4, 0.5) is 17.2 Å². The summed E-state index contributed by atoms with van der Waals surface area (Å²) in [7, 11) is -3.74. The molecule has 1 aliphatic heterocycles. The number of anilines is 3. The molecule has 1 saturated heterocycles. The fraction of sp³-hybridized carbons (Fsp3) is 0.231. The lowest BCUT2D eigenvalue weighted by Crippen LogP contribution is -2.47. The summed E-state index contributed by atoms with van der Waals surface area (Å²) in [5.74, 6) is -0.483. The zero-order valence-electron chi connectivity index (χ0n) is 19.9. The van der Waals surface area contributed by atoms with E-state index in [1.165, 1.54) is 28.9 Å². The second kappa shape index (κ2) is 9.44. The zero-order chi connectivity index (χ0) is 25.4. The highest BCUT2D eigenvalue weighted by molar-refractivity contribution is 7.94. The van der Waals surface area contributed by atoms with E-state index >= 15 is 0 Å². The molecule has 0 spiro atoms. The van der Waals surface area contributed by atoms with Crippen LogP contribution in [-0.4, -0.2) is 50.7 Å². The van der Waals surface area contributed by atoms with Crippen molar-refractivity contribution in [1.82, 2.24) is 4.98 Å². The summed E-state index contributed by atoms with van der Waals surface area (Å²) in [6.45, 7) is 7.27. The molecule has 0 aliphatic carbocycles. The molecule has 5 rings (SSSR count). The average molecular weight is 523 g/mol. The van der Waals surface area contributed by atoms with Crippen LogP contribution in [0, 0.1) is 13.8 Å². The molecule has 10 heteroatoms. The molecule has 0 radical (unpaired) electrons. The number of pyridine rings is 1. The molecular weight excluding hydrogens is 496 g/mol. The third-order valence-electron chi connectivity index (χ3n) is 6.56. The largest absolute Gasteiger partial charge is 0.478 e. The number of nitrogens with zero attached hydrogens (tertiary/aromatic N) is 3. The van der Waals surface area contributed by atoms with Crippen molar-refractivity contribution in [2.45, 2.75) is 18.1 Å². The Morgan fingerprint density at radius 3 is 2.44 bits per heavy atom. The molecule has 4 aromatic rings. The van der Waals surface area contributed by atoms with Crippen LogP contribution in [0.25, 0.3) is 10.9 Å². The van der Waals surface area contributed by atoms with E-state index in [1.807, 2.05) is 0 Å². The number of rotatable bonds is 6. The average Bonchev–Trinajstić information content (AvgIpc) is 3.41. The lowest BCUT2D eigenvalue weighted by Gasteiger charge is -2.37. The smallest absolute Gasteiger partial charge is 0.336 e. The van der Waals surface area contributed by atoms with E-state index in [0.717, 1.165) is 24.4 Å². The van der Waals surface area contributed by atoms with Crippen LogP contribution in [-0.2, 0) is 10.0 Å². The van der Waals surface area contributed by atoms with Gasteiger partial charge in [0.2, 0.25) is 0 Å². The van der Waals surface area contributed by atoms with Gasteiger partial charge in [-0.25, -0.2) is 18.2 Å². The molecule has 0 bridgehead atoms. The molecule has 0 unspecified atom stereocenters. The Morgan fingerprint density at radius 2 is 1.75 bits per heavy atom. The molecule has 36 heavy (non-hydrogen) atoms. The van der Waals surface area contributed by atoms with Gasteiger partial charge in [0.15, 0.2) is 0 Å². The number of nitrogens with one attached hydrogen (secondary N) is 1. The lowest BCUT2D eigenvalue weighted by atomic mass is 10.1.